The molecule has 1 fully saturated rings. The van der Waals surface area contributed by atoms with Crippen LogP contribution in [0.4, 0.5) is 16.0 Å². The van der Waals surface area contributed by atoms with Crippen LogP contribution in [0.2, 0.25) is 0 Å². The lowest BCUT2D eigenvalue weighted by Crippen LogP contribution is -2.25. The minimum Gasteiger partial charge on any atom is -0.369 e. The van der Waals surface area contributed by atoms with Crippen molar-refractivity contribution in [2.24, 2.45) is 0 Å². The molecular formula is C21H21N7O2S2. The van der Waals surface area contributed by atoms with Crippen LogP contribution >= 0.6 is 23.1 Å². The number of hydrogen-bond donors (Lipinski definition) is 2. The van der Waals surface area contributed by atoms with Gasteiger partial charge in [-0.1, -0.05) is 41.7 Å². The molecule has 1 saturated heterocycles. The number of amides is 1. The maximum Gasteiger partial charge on any atom is 0.259 e. The average Bonchev–Trinajstić information content (AvgIpc) is 3.56. The molecule has 5 rings (SSSR count). The summed E-state index contributed by atoms with van der Waals surface area (Å²) in [5.74, 6) is -0.277. The van der Waals surface area contributed by atoms with Crippen molar-refractivity contribution in [2.75, 3.05) is 35.7 Å². The first-order valence-corrected chi connectivity index (χ1v) is 11.7. The Morgan fingerprint density at radius 2 is 1.94 bits per heavy atom. The summed E-state index contributed by atoms with van der Waals surface area (Å²) in [6, 6.07) is 15.8. The molecule has 11 heteroatoms. The van der Waals surface area contributed by atoms with Crippen LogP contribution < -0.4 is 15.5 Å². The second-order valence-corrected chi connectivity index (χ2v) is 8.95. The van der Waals surface area contributed by atoms with Crippen molar-refractivity contribution in [2.45, 2.75) is 18.6 Å². The lowest BCUT2D eigenvalue weighted by molar-refractivity contribution is -0.126. The van der Waals surface area contributed by atoms with Gasteiger partial charge in [0, 0.05) is 31.9 Å². The number of carbonyl (C=O) groups excluding carboxylic acids is 1. The third-order valence-corrected chi connectivity index (χ3v) is 6.68. The van der Waals surface area contributed by atoms with Gasteiger partial charge in [-0.25, -0.2) is 0 Å². The fraction of sp³-hybridized carbons (Fsp3) is 0.286. The molecule has 0 aliphatic carbocycles. The maximum atomic E-state index is 12.6. The van der Waals surface area contributed by atoms with Crippen molar-refractivity contribution >= 4 is 56.0 Å². The summed E-state index contributed by atoms with van der Waals surface area (Å²) in [7, 11) is 1.51. The quantitative estimate of drug-likeness (QED) is 0.425. The molecule has 0 radical (unpaired) electrons. The monoisotopic (exact) mass is 467 g/mol. The van der Waals surface area contributed by atoms with Gasteiger partial charge in [-0.15, -0.1) is 10.2 Å². The predicted molar refractivity (Wildman–Crippen MR) is 126 cm³/mol. The molecular weight excluding hydrogens is 446 g/mol. The van der Waals surface area contributed by atoms with Gasteiger partial charge < -0.3 is 15.0 Å². The molecule has 4 aromatic rings. The van der Waals surface area contributed by atoms with Gasteiger partial charge in [0.15, 0.2) is 6.10 Å². The summed E-state index contributed by atoms with van der Waals surface area (Å²) in [4.78, 5) is 15.0. The van der Waals surface area contributed by atoms with Gasteiger partial charge in [-0.2, -0.15) is 8.75 Å². The number of carbonyl (C=O) groups is 1. The Balaban J connectivity index is 1.19. The zero-order valence-electron chi connectivity index (χ0n) is 17.3. The summed E-state index contributed by atoms with van der Waals surface area (Å²) >= 11 is 2.55. The van der Waals surface area contributed by atoms with E-state index >= 15 is 0 Å². The first-order chi connectivity index (χ1) is 15.7. The molecule has 0 bridgehead atoms. The number of nitrogens with one attached hydrogen (secondary N) is 2. The van der Waals surface area contributed by atoms with Crippen LogP contribution in [0.3, 0.4) is 0 Å². The predicted octanol–water partition coefficient (Wildman–Crippen LogP) is 3.56. The molecule has 1 amide bonds. The maximum absolute atomic E-state index is 12.6. The Bertz CT molecular complexity index is 1210. The van der Waals surface area contributed by atoms with Gasteiger partial charge >= 0.3 is 0 Å². The van der Waals surface area contributed by atoms with Crippen LogP contribution in [0.5, 0.6) is 0 Å². The van der Waals surface area contributed by atoms with Crippen LogP contribution in [0.25, 0.3) is 11.0 Å². The van der Waals surface area contributed by atoms with Gasteiger partial charge in [0.2, 0.25) is 10.3 Å². The van der Waals surface area contributed by atoms with E-state index in [1.165, 1.54) is 30.2 Å². The third kappa shape index (κ3) is 4.40. The second kappa shape index (κ2) is 9.15. The van der Waals surface area contributed by atoms with Crippen LogP contribution in [-0.2, 0) is 9.53 Å². The van der Waals surface area contributed by atoms with Crippen molar-refractivity contribution in [3.05, 3.63) is 54.1 Å². The van der Waals surface area contributed by atoms with Crippen molar-refractivity contribution in [1.29, 1.82) is 0 Å². The highest BCUT2D eigenvalue weighted by atomic mass is 32.1. The molecule has 32 heavy (non-hydrogen) atoms. The minimum absolute atomic E-state index is 0.242. The summed E-state index contributed by atoms with van der Waals surface area (Å²) < 4.78 is 14.0. The van der Waals surface area contributed by atoms with E-state index in [1.54, 1.807) is 0 Å². The van der Waals surface area contributed by atoms with E-state index in [0.717, 1.165) is 41.8 Å². The lowest BCUT2D eigenvalue weighted by Gasteiger charge is -2.18. The molecule has 1 unspecified atom stereocenters. The van der Waals surface area contributed by atoms with E-state index in [0.29, 0.717) is 10.3 Å². The Morgan fingerprint density at radius 1 is 1.12 bits per heavy atom. The molecule has 3 heterocycles. The molecule has 164 valence electrons. The number of rotatable bonds is 7. The van der Waals surface area contributed by atoms with Crippen LogP contribution in [0.1, 0.15) is 18.1 Å². The van der Waals surface area contributed by atoms with E-state index in [9.17, 15) is 4.79 Å². The second-order valence-electron chi connectivity index (χ2n) is 7.44. The summed E-state index contributed by atoms with van der Waals surface area (Å²) in [5.41, 5.74) is 3.79. The highest BCUT2D eigenvalue weighted by Gasteiger charge is 2.25. The molecule has 0 spiro atoms. The summed E-state index contributed by atoms with van der Waals surface area (Å²) in [5, 5.41) is 15.7. The molecule has 9 nitrogen and oxygen atoms in total. The van der Waals surface area contributed by atoms with Crippen LogP contribution in [-0.4, -0.2) is 51.1 Å². The normalized spacial score (nSPS) is 16.9. The standard InChI is InChI=1S/C21H21N7O2S2/c1-30-18(13-5-3-2-4-6-13)19(29)23-21-25-24-20(31-21)22-14-9-10-28(12-14)15-7-8-16-17(11-15)27-32-26-16/h2-8,11,14,18H,9-10,12H2,1H3,(H,22,24)(H,23,25,29)/t14-,18?/m1/s1. The summed E-state index contributed by atoms with van der Waals surface area (Å²) in [6.07, 6.45) is 0.277. The summed E-state index contributed by atoms with van der Waals surface area (Å²) in [6.45, 7) is 1.79. The zero-order chi connectivity index (χ0) is 21.9. The molecule has 2 atom stereocenters. The number of hydrogen-bond acceptors (Lipinski definition) is 10. The first kappa shape index (κ1) is 20.7. The number of nitrogens with zero attached hydrogens (tertiary/aromatic N) is 5. The van der Waals surface area contributed by atoms with Crippen molar-refractivity contribution < 1.29 is 9.53 Å². The third-order valence-electron chi connectivity index (χ3n) is 5.35. The van der Waals surface area contributed by atoms with Gasteiger partial charge in [0.1, 0.15) is 11.0 Å². The van der Waals surface area contributed by atoms with Gasteiger partial charge in [0.05, 0.1) is 11.7 Å². The zero-order valence-corrected chi connectivity index (χ0v) is 18.9. The van der Waals surface area contributed by atoms with Crippen LogP contribution in [0, 0.1) is 0 Å². The number of fused-ring (bicyclic) bond motifs is 1. The molecule has 0 saturated carbocycles. The molecule has 2 aromatic carbocycles. The number of anilines is 3. The number of benzene rings is 2. The minimum atomic E-state index is -0.704. The molecule has 1 aliphatic rings. The van der Waals surface area contributed by atoms with E-state index in [2.05, 4.69) is 46.6 Å². The Hall–Kier alpha value is -3.15. The van der Waals surface area contributed by atoms with Gasteiger partial charge in [-0.3, -0.25) is 10.1 Å². The van der Waals surface area contributed by atoms with Crippen molar-refractivity contribution in [3.8, 4) is 0 Å². The van der Waals surface area contributed by atoms with E-state index in [1.807, 2.05) is 36.4 Å². The molecule has 1 aliphatic heterocycles. The van der Waals surface area contributed by atoms with E-state index < -0.39 is 6.10 Å². The SMILES string of the molecule is COC(C(=O)Nc1nnc(N[C@@H]2CCN(c3ccc4nsnc4c3)C2)s1)c1ccccc1. The fourth-order valence-electron chi connectivity index (χ4n) is 3.78. The van der Waals surface area contributed by atoms with E-state index in [-0.39, 0.29) is 11.9 Å². The Morgan fingerprint density at radius 3 is 2.78 bits per heavy atom. The number of methoxy groups -OCH3 is 1. The number of ether oxygens (including phenoxy) is 1. The van der Waals surface area contributed by atoms with Crippen molar-refractivity contribution in [1.82, 2.24) is 18.9 Å². The fourth-order valence-corrected chi connectivity index (χ4v) is 5.02. The average molecular weight is 468 g/mol. The Labute approximate surface area is 192 Å². The van der Waals surface area contributed by atoms with Crippen LogP contribution in [0.15, 0.2) is 48.5 Å². The molecule has 2 aromatic heterocycles. The van der Waals surface area contributed by atoms with Crippen molar-refractivity contribution in [3.63, 3.8) is 0 Å². The van der Waals surface area contributed by atoms with Gasteiger partial charge in [0.25, 0.3) is 5.91 Å². The Kier molecular flexibility index (Phi) is 5.93. The molecule has 2 N–H and O–H groups in total. The topological polar surface area (TPSA) is 105 Å². The van der Waals surface area contributed by atoms with Gasteiger partial charge in [-0.05, 0) is 30.2 Å². The number of aromatic nitrogens is 4. The smallest absolute Gasteiger partial charge is 0.259 e. The largest absolute Gasteiger partial charge is 0.369 e. The first-order valence-electron chi connectivity index (χ1n) is 10.2. The highest BCUT2D eigenvalue weighted by molar-refractivity contribution is 7.19. The van der Waals surface area contributed by atoms with E-state index in [4.69, 9.17) is 4.74 Å². The highest BCUT2D eigenvalue weighted by Crippen LogP contribution is 2.28. The lowest BCUT2D eigenvalue weighted by atomic mass is 10.1.